The van der Waals surface area contributed by atoms with Gasteiger partial charge in [-0.1, -0.05) is 11.6 Å². The Kier molecular flexibility index (Phi) is 6.50. The molecule has 3 aromatic rings. The summed E-state index contributed by atoms with van der Waals surface area (Å²) in [7, 11) is 1.63. The average Bonchev–Trinajstić information content (AvgIpc) is 2.76. The molecule has 0 saturated carbocycles. The smallest absolute Gasteiger partial charge is 0.269 e. The summed E-state index contributed by atoms with van der Waals surface area (Å²) in [6, 6.07) is 10.3. The topological polar surface area (TPSA) is 98.3 Å². The Balaban J connectivity index is 1.88. The number of likely N-dealkylation sites (N-methyl/N-ethyl adjacent to an activating group) is 1. The van der Waals surface area contributed by atoms with Gasteiger partial charge in [0.15, 0.2) is 0 Å². The predicted molar refractivity (Wildman–Crippen MR) is 120 cm³/mol. The molecule has 0 saturated heterocycles. The number of rotatable bonds is 6. The Morgan fingerprint density at radius 2 is 1.97 bits per heavy atom. The number of benzene rings is 2. The normalized spacial score (nSPS) is 12.3. The third kappa shape index (κ3) is 4.64. The zero-order valence-corrected chi connectivity index (χ0v) is 18.0. The van der Waals surface area contributed by atoms with Gasteiger partial charge in [-0.25, -0.2) is 4.98 Å². The van der Waals surface area contributed by atoms with E-state index in [-0.39, 0.29) is 17.2 Å². The quantitative estimate of drug-likeness (QED) is 0.325. The molecule has 0 fully saturated rings. The second-order valence-corrected chi connectivity index (χ2v) is 7.42. The molecule has 1 unspecified atom stereocenters. The molecule has 0 spiro atoms. The number of hydrogen-bond acceptors (Lipinski definition) is 5. The summed E-state index contributed by atoms with van der Waals surface area (Å²) in [5.41, 5.74) is 0.929. The van der Waals surface area contributed by atoms with E-state index in [4.69, 9.17) is 11.6 Å². The SMILES string of the molecule is CCn1c(C(C)N(C)C(=O)/C=C/c2ccc([N+](=O)[O-])cc2)nc2cc(Cl)ccc2c1=O. The highest BCUT2D eigenvalue weighted by Crippen LogP contribution is 2.21. The third-order valence-electron chi connectivity index (χ3n) is 5.09. The van der Waals surface area contributed by atoms with Crippen LogP contribution in [0.4, 0.5) is 5.69 Å². The first-order valence-electron chi connectivity index (χ1n) is 9.62. The minimum Gasteiger partial charge on any atom is -0.332 e. The summed E-state index contributed by atoms with van der Waals surface area (Å²) in [4.78, 5) is 41.9. The molecule has 0 bridgehead atoms. The molecule has 0 aliphatic rings. The van der Waals surface area contributed by atoms with Gasteiger partial charge in [-0.2, -0.15) is 0 Å². The van der Waals surface area contributed by atoms with E-state index in [2.05, 4.69) is 4.98 Å². The molecule has 1 aromatic heterocycles. The number of non-ortho nitro benzene ring substituents is 1. The van der Waals surface area contributed by atoms with E-state index in [0.717, 1.165) is 0 Å². The molecule has 1 atom stereocenters. The molecule has 0 N–H and O–H groups in total. The molecule has 0 aliphatic heterocycles. The van der Waals surface area contributed by atoms with E-state index in [1.165, 1.54) is 23.1 Å². The lowest BCUT2D eigenvalue weighted by atomic mass is 10.1. The minimum atomic E-state index is -0.481. The first kappa shape index (κ1) is 22.2. The van der Waals surface area contributed by atoms with Crippen molar-refractivity contribution in [1.29, 1.82) is 0 Å². The van der Waals surface area contributed by atoms with Crippen LogP contribution in [0, 0.1) is 10.1 Å². The molecule has 0 radical (unpaired) electrons. The van der Waals surface area contributed by atoms with Gasteiger partial charge in [0.05, 0.1) is 21.9 Å². The van der Waals surface area contributed by atoms with Gasteiger partial charge in [0.1, 0.15) is 5.82 Å². The number of nitro groups is 1. The van der Waals surface area contributed by atoms with Crippen molar-refractivity contribution in [2.45, 2.75) is 26.4 Å². The van der Waals surface area contributed by atoms with E-state index >= 15 is 0 Å². The lowest BCUT2D eigenvalue weighted by Gasteiger charge is -2.25. The third-order valence-corrected chi connectivity index (χ3v) is 5.32. The van der Waals surface area contributed by atoms with E-state index < -0.39 is 11.0 Å². The van der Waals surface area contributed by atoms with Crippen molar-refractivity contribution in [3.63, 3.8) is 0 Å². The maximum atomic E-state index is 12.9. The Morgan fingerprint density at radius 3 is 2.58 bits per heavy atom. The van der Waals surface area contributed by atoms with Gasteiger partial charge in [-0.05, 0) is 55.8 Å². The number of nitrogens with zero attached hydrogens (tertiary/aromatic N) is 4. The molecule has 31 heavy (non-hydrogen) atoms. The molecular formula is C22H21ClN4O4. The number of fused-ring (bicyclic) bond motifs is 1. The van der Waals surface area contributed by atoms with Crippen LogP contribution in [0.25, 0.3) is 17.0 Å². The van der Waals surface area contributed by atoms with Crippen LogP contribution in [0.15, 0.2) is 53.3 Å². The number of halogens is 1. The van der Waals surface area contributed by atoms with E-state index in [0.29, 0.717) is 33.9 Å². The van der Waals surface area contributed by atoms with Crippen LogP contribution in [-0.4, -0.2) is 32.3 Å². The van der Waals surface area contributed by atoms with Crippen molar-refractivity contribution in [2.75, 3.05) is 7.05 Å². The number of amides is 1. The van der Waals surface area contributed by atoms with Gasteiger partial charge in [0.2, 0.25) is 5.91 Å². The lowest BCUT2D eigenvalue weighted by Crippen LogP contribution is -2.34. The highest BCUT2D eigenvalue weighted by atomic mass is 35.5. The van der Waals surface area contributed by atoms with Gasteiger partial charge in [-0.15, -0.1) is 0 Å². The number of nitro benzene ring substituents is 1. The second kappa shape index (κ2) is 9.09. The molecule has 160 valence electrons. The fourth-order valence-electron chi connectivity index (χ4n) is 3.19. The molecule has 1 heterocycles. The van der Waals surface area contributed by atoms with Gasteiger partial charge in [-0.3, -0.25) is 24.3 Å². The van der Waals surface area contributed by atoms with E-state index in [1.807, 2.05) is 6.92 Å². The van der Waals surface area contributed by atoms with Crippen LogP contribution in [0.3, 0.4) is 0 Å². The summed E-state index contributed by atoms with van der Waals surface area (Å²) < 4.78 is 1.55. The standard InChI is InChI=1S/C22H21ClN4O4/c1-4-26-21(24-19-13-16(23)8-11-18(19)22(26)29)14(2)25(3)20(28)12-7-15-5-9-17(10-6-15)27(30)31/h5-14H,4H2,1-3H3/b12-7+. The van der Waals surface area contributed by atoms with Crippen LogP contribution >= 0.6 is 11.6 Å². The van der Waals surface area contributed by atoms with Gasteiger partial charge in [0.25, 0.3) is 11.2 Å². The molecule has 1 amide bonds. The van der Waals surface area contributed by atoms with Crippen molar-refractivity contribution in [3.8, 4) is 0 Å². The van der Waals surface area contributed by atoms with Gasteiger partial charge >= 0.3 is 0 Å². The fraction of sp³-hybridized carbons (Fsp3) is 0.227. The van der Waals surface area contributed by atoms with Crippen molar-refractivity contribution in [3.05, 3.63) is 85.4 Å². The summed E-state index contributed by atoms with van der Waals surface area (Å²) in [6.07, 6.45) is 2.96. The Morgan fingerprint density at radius 1 is 1.29 bits per heavy atom. The molecule has 3 rings (SSSR count). The fourth-order valence-corrected chi connectivity index (χ4v) is 3.36. The Hall–Kier alpha value is -3.52. The summed E-state index contributed by atoms with van der Waals surface area (Å²) in [5, 5.41) is 11.7. The van der Waals surface area contributed by atoms with Crippen LogP contribution in [0.1, 0.15) is 31.3 Å². The summed E-state index contributed by atoms with van der Waals surface area (Å²) in [5.74, 6) is 0.163. The van der Waals surface area contributed by atoms with Crippen LogP contribution in [0.2, 0.25) is 5.02 Å². The predicted octanol–water partition coefficient (Wildman–Crippen LogP) is 4.21. The minimum absolute atomic E-state index is 0.0192. The molecule has 9 heteroatoms. The highest BCUT2D eigenvalue weighted by molar-refractivity contribution is 6.31. The van der Waals surface area contributed by atoms with Gasteiger partial charge < -0.3 is 4.90 Å². The number of carbonyl (C=O) groups is 1. The first-order chi connectivity index (χ1) is 14.7. The number of hydrogen-bond donors (Lipinski definition) is 0. The molecule has 2 aromatic carbocycles. The van der Waals surface area contributed by atoms with Crippen molar-refractivity contribution in [1.82, 2.24) is 14.5 Å². The lowest BCUT2D eigenvalue weighted by molar-refractivity contribution is -0.384. The average molecular weight is 441 g/mol. The largest absolute Gasteiger partial charge is 0.332 e. The van der Waals surface area contributed by atoms with E-state index in [9.17, 15) is 19.7 Å². The second-order valence-electron chi connectivity index (χ2n) is 6.99. The Labute approximate surface area is 183 Å². The number of aromatic nitrogens is 2. The molecular weight excluding hydrogens is 420 g/mol. The van der Waals surface area contributed by atoms with E-state index in [1.54, 1.807) is 54.9 Å². The monoisotopic (exact) mass is 440 g/mol. The maximum Gasteiger partial charge on any atom is 0.269 e. The summed E-state index contributed by atoms with van der Waals surface area (Å²) in [6.45, 7) is 4.05. The van der Waals surface area contributed by atoms with Crippen LogP contribution in [-0.2, 0) is 11.3 Å². The molecule has 8 nitrogen and oxygen atoms in total. The van der Waals surface area contributed by atoms with Crippen molar-refractivity contribution >= 4 is 40.2 Å². The first-order valence-corrected chi connectivity index (χ1v) is 10.00. The number of carbonyl (C=O) groups excluding carboxylic acids is 1. The Bertz CT molecular complexity index is 1230. The van der Waals surface area contributed by atoms with Crippen molar-refractivity contribution in [2.24, 2.45) is 0 Å². The molecule has 0 aliphatic carbocycles. The van der Waals surface area contributed by atoms with Crippen LogP contribution in [0.5, 0.6) is 0 Å². The zero-order chi connectivity index (χ0) is 22.7. The summed E-state index contributed by atoms with van der Waals surface area (Å²) >= 11 is 6.06. The maximum absolute atomic E-state index is 12.9. The highest BCUT2D eigenvalue weighted by Gasteiger charge is 2.22. The van der Waals surface area contributed by atoms with Crippen LogP contribution < -0.4 is 5.56 Å². The zero-order valence-electron chi connectivity index (χ0n) is 17.3. The van der Waals surface area contributed by atoms with Crippen molar-refractivity contribution < 1.29 is 9.72 Å². The van der Waals surface area contributed by atoms with Gasteiger partial charge in [0, 0.05) is 36.8 Å².